The third-order valence-corrected chi connectivity index (χ3v) is 2.20. The average Bonchev–Trinajstić information content (AvgIpc) is 2.16. The maximum absolute atomic E-state index is 11.4. The number of nitrogens with one attached hydrogen (secondary N) is 1. The zero-order valence-electron chi connectivity index (χ0n) is 9.11. The Kier molecular flexibility index (Phi) is 5.24. The van der Waals surface area contributed by atoms with Crippen LogP contribution in [0, 0.1) is 5.41 Å². The molecule has 15 heavy (non-hydrogen) atoms. The van der Waals surface area contributed by atoms with Gasteiger partial charge < -0.3 is 20.3 Å². The average molecular weight is 219 g/mol. The summed E-state index contributed by atoms with van der Waals surface area (Å²) in [5.41, 5.74) is -1.63. The van der Waals surface area contributed by atoms with E-state index in [1.165, 1.54) is 21.1 Å². The first kappa shape index (κ1) is 13.9. The van der Waals surface area contributed by atoms with E-state index in [0.29, 0.717) is 0 Å². The molecule has 6 nitrogen and oxygen atoms in total. The number of carboxylic acid groups (broad SMARTS) is 1. The summed E-state index contributed by atoms with van der Waals surface area (Å²) < 4.78 is 4.67. The van der Waals surface area contributed by atoms with Gasteiger partial charge in [-0.05, 0) is 6.92 Å². The summed E-state index contributed by atoms with van der Waals surface area (Å²) in [5.74, 6) is -1.90. The lowest BCUT2D eigenvalue weighted by Gasteiger charge is -2.25. The molecule has 2 atom stereocenters. The number of aliphatic hydroxyl groups is 1. The molecule has 2 unspecified atom stereocenters. The Bertz CT molecular complexity index is 243. The number of rotatable bonds is 6. The van der Waals surface area contributed by atoms with E-state index in [9.17, 15) is 14.7 Å². The lowest BCUT2D eigenvalue weighted by Crippen LogP contribution is -2.45. The number of carboxylic acids is 1. The fourth-order valence-electron chi connectivity index (χ4n) is 1.28. The molecule has 0 radical (unpaired) electrons. The maximum atomic E-state index is 11.4. The fraction of sp³-hybridized carbons (Fsp3) is 0.778. The van der Waals surface area contributed by atoms with Crippen LogP contribution in [0.15, 0.2) is 0 Å². The SMILES string of the molecule is CNC(=O)C(C)(CC(O)COC)C(=O)O. The van der Waals surface area contributed by atoms with Crippen LogP contribution in [-0.4, -0.2) is 49.0 Å². The molecule has 0 aliphatic carbocycles. The standard InChI is InChI=1S/C9H17NO5/c1-9(8(13)14,7(12)10-2)4-6(11)5-15-3/h6,11H,4-5H2,1-3H3,(H,10,12)(H,13,14). The van der Waals surface area contributed by atoms with Gasteiger partial charge in [-0.25, -0.2) is 0 Å². The summed E-state index contributed by atoms with van der Waals surface area (Å²) in [5, 5.41) is 20.6. The molecule has 0 aromatic rings. The normalized spacial score (nSPS) is 16.5. The molecule has 3 N–H and O–H groups in total. The summed E-state index contributed by atoms with van der Waals surface area (Å²) in [6, 6.07) is 0. The zero-order chi connectivity index (χ0) is 12.1. The molecule has 0 bridgehead atoms. The summed E-state index contributed by atoms with van der Waals surface area (Å²) in [7, 11) is 2.74. The minimum atomic E-state index is -1.63. The second-order valence-corrected chi connectivity index (χ2v) is 3.53. The van der Waals surface area contributed by atoms with Crippen LogP contribution in [0.5, 0.6) is 0 Å². The minimum Gasteiger partial charge on any atom is -0.480 e. The highest BCUT2D eigenvalue weighted by molar-refractivity contribution is 6.01. The summed E-state index contributed by atoms with van der Waals surface area (Å²) in [6.45, 7) is 1.27. The molecule has 88 valence electrons. The number of aliphatic carboxylic acids is 1. The number of carbonyl (C=O) groups excluding carboxylic acids is 1. The van der Waals surface area contributed by atoms with Crippen molar-refractivity contribution in [2.24, 2.45) is 5.41 Å². The van der Waals surface area contributed by atoms with E-state index >= 15 is 0 Å². The van der Waals surface area contributed by atoms with Gasteiger partial charge in [0.05, 0.1) is 12.7 Å². The molecular formula is C9H17NO5. The molecule has 1 amide bonds. The van der Waals surface area contributed by atoms with Crippen molar-refractivity contribution < 1.29 is 24.5 Å². The Labute approximate surface area is 88.2 Å². The molecule has 0 aromatic heterocycles. The highest BCUT2D eigenvalue weighted by atomic mass is 16.5. The van der Waals surface area contributed by atoms with Gasteiger partial charge in [0.1, 0.15) is 5.41 Å². The number of hydrogen-bond donors (Lipinski definition) is 3. The Hall–Kier alpha value is -1.14. The van der Waals surface area contributed by atoms with E-state index < -0.39 is 23.4 Å². The third-order valence-electron chi connectivity index (χ3n) is 2.20. The molecular weight excluding hydrogens is 202 g/mol. The number of carbonyl (C=O) groups is 2. The number of hydrogen-bond acceptors (Lipinski definition) is 4. The molecule has 0 saturated carbocycles. The van der Waals surface area contributed by atoms with Gasteiger partial charge in [-0.3, -0.25) is 9.59 Å². The lowest BCUT2D eigenvalue weighted by atomic mass is 9.83. The fourth-order valence-corrected chi connectivity index (χ4v) is 1.28. The largest absolute Gasteiger partial charge is 0.480 e. The quantitative estimate of drug-likeness (QED) is 0.509. The van der Waals surface area contributed by atoms with Crippen molar-refractivity contribution in [3.05, 3.63) is 0 Å². The lowest BCUT2D eigenvalue weighted by molar-refractivity contribution is -0.157. The van der Waals surface area contributed by atoms with Crippen LogP contribution in [0.2, 0.25) is 0 Å². The number of aliphatic hydroxyl groups excluding tert-OH is 1. The van der Waals surface area contributed by atoms with E-state index in [1.807, 2.05) is 0 Å². The monoisotopic (exact) mass is 219 g/mol. The summed E-state index contributed by atoms with van der Waals surface area (Å²) >= 11 is 0. The van der Waals surface area contributed by atoms with Gasteiger partial charge >= 0.3 is 5.97 Å². The van der Waals surface area contributed by atoms with Crippen molar-refractivity contribution in [1.29, 1.82) is 0 Å². The van der Waals surface area contributed by atoms with Crippen LogP contribution in [0.3, 0.4) is 0 Å². The van der Waals surface area contributed by atoms with Gasteiger partial charge in [0.25, 0.3) is 0 Å². The molecule has 0 aliphatic rings. The molecule has 0 saturated heterocycles. The first-order chi connectivity index (χ1) is 6.88. The number of ether oxygens (including phenoxy) is 1. The second-order valence-electron chi connectivity index (χ2n) is 3.53. The van der Waals surface area contributed by atoms with Crippen LogP contribution in [0.25, 0.3) is 0 Å². The molecule has 6 heteroatoms. The van der Waals surface area contributed by atoms with Crippen LogP contribution < -0.4 is 5.32 Å². The van der Waals surface area contributed by atoms with Crippen molar-refractivity contribution in [2.75, 3.05) is 20.8 Å². The Morgan fingerprint density at radius 1 is 1.53 bits per heavy atom. The predicted molar refractivity (Wildman–Crippen MR) is 52.3 cm³/mol. The van der Waals surface area contributed by atoms with E-state index in [2.05, 4.69) is 10.1 Å². The van der Waals surface area contributed by atoms with Crippen molar-refractivity contribution in [2.45, 2.75) is 19.4 Å². The van der Waals surface area contributed by atoms with E-state index in [0.717, 1.165) is 0 Å². The van der Waals surface area contributed by atoms with Crippen molar-refractivity contribution in [3.63, 3.8) is 0 Å². The minimum absolute atomic E-state index is 0.000135. The highest BCUT2D eigenvalue weighted by Gasteiger charge is 2.42. The molecule has 0 aromatic carbocycles. The van der Waals surface area contributed by atoms with Crippen molar-refractivity contribution >= 4 is 11.9 Å². The number of amides is 1. The Morgan fingerprint density at radius 3 is 2.40 bits per heavy atom. The highest BCUT2D eigenvalue weighted by Crippen LogP contribution is 2.24. The maximum Gasteiger partial charge on any atom is 0.319 e. The topological polar surface area (TPSA) is 95.9 Å². The molecule has 0 heterocycles. The third kappa shape index (κ3) is 3.49. The second kappa shape index (κ2) is 5.67. The predicted octanol–water partition coefficient (Wildman–Crippen LogP) is -0.779. The first-order valence-corrected chi connectivity index (χ1v) is 4.51. The Balaban J connectivity index is 4.66. The van der Waals surface area contributed by atoms with Crippen molar-refractivity contribution in [1.82, 2.24) is 5.32 Å². The summed E-state index contributed by atoms with van der Waals surface area (Å²) in [6.07, 6.45) is -1.16. The van der Waals surface area contributed by atoms with Gasteiger partial charge in [-0.1, -0.05) is 0 Å². The molecule has 0 fully saturated rings. The van der Waals surface area contributed by atoms with Gasteiger partial charge in [0.2, 0.25) is 5.91 Å². The smallest absolute Gasteiger partial charge is 0.319 e. The van der Waals surface area contributed by atoms with Crippen molar-refractivity contribution in [3.8, 4) is 0 Å². The Morgan fingerprint density at radius 2 is 2.07 bits per heavy atom. The van der Waals surface area contributed by atoms with Crippen LogP contribution in [0.4, 0.5) is 0 Å². The zero-order valence-corrected chi connectivity index (χ0v) is 9.11. The van der Waals surface area contributed by atoms with Crippen LogP contribution >= 0.6 is 0 Å². The molecule has 0 spiro atoms. The van der Waals surface area contributed by atoms with E-state index in [1.54, 1.807) is 0 Å². The van der Waals surface area contributed by atoms with Gasteiger partial charge in [-0.15, -0.1) is 0 Å². The van der Waals surface area contributed by atoms with Gasteiger partial charge in [0.15, 0.2) is 0 Å². The van der Waals surface area contributed by atoms with Crippen LogP contribution in [0.1, 0.15) is 13.3 Å². The molecule has 0 aliphatic heterocycles. The van der Waals surface area contributed by atoms with E-state index in [4.69, 9.17) is 5.11 Å². The van der Waals surface area contributed by atoms with Gasteiger partial charge in [-0.2, -0.15) is 0 Å². The summed E-state index contributed by atoms with van der Waals surface area (Å²) in [4.78, 5) is 22.3. The van der Waals surface area contributed by atoms with Crippen LogP contribution in [-0.2, 0) is 14.3 Å². The number of methoxy groups -OCH3 is 1. The molecule has 0 rings (SSSR count). The van der Waals surface area contributed by atoms with E-state index in [-0.39, 0.29) is 13.0 Å². The first-order valence-electron chi connectivity index (χ1n) is 4.51. The van der Waals surface area contributed by atoms with Gasteiger partial charge in [0, 0.05) is 20.6 Å².